The van der Waals surface area contributed by atoms with Crippen LogP contribution in [-0.4, -0.2) is 24.5 Å². The van der Waals surface area contributed by atoms with E-state index in [4.69, 9.17) is 9.47 Å². The molecule has 0 aliphatic heterocycles. The summed E-state index contributed by atoms with van der Waals surface area (Å²) >= 11 is 0. The predicted molar refractivity (Wildman–Crippen MR) is 126 cm³/mol. The van der Waals surface area contributed by atoms with Gasteiger partial charge in [-0.15, -0.1) is 0 Å². The van der Waals surface area contributed by atoms with Crippen LogP contribution in [0.3, 0.4) is 0 Å². The van der Waals surface area contributed by atoms with E-state index in [1.807, 2.05) is 18.2 Å². The third-order valence-electron chi connectivity index (χ3n) is 5.21. The lowest BCUT2D eigenvalue weighted by Crippen LogP contribution is -2.13. The van der Waals surface area contributed by atoms with Gasteiger partial charge in [-0.25, -0.2) is 14.4 Å². The van der Waals surface area contributed by atoms with E-state index in [-0.39, 0.29) is 12.6 Å². The summed E-state index contributed by atoms with van der Waals surface area (Å²) in [6.45, 7) is 2.43. The fourth-order valence-corrected chi connectivity index (χ4v) is 3.34. The van der Waals surface area contributed by atoms with Crippen molar-refractivity contribution in [2.45, 2.75) is 39.0 Å². The Morgan fingerprint density at radius 3 is 2.00 bits per heavy atom. The standard InChI is InChI=1S/C28H28O5/c1-2-3-9-21-15-17-24(18-16-21)26(29)32-19-8-11-22-10-7-14-25(20-22)28(31)33-27(30)23-12-5-4-6-13-23/h4-7,10,12-18,20H,2-3,8-9,11,19H2,1H3. The van der Waals surface area contributed by atoms with E-state index in [2.05, 4.69) is 6.92 Å². The number of carbonyl (C=O) groups excluding carboxylic acids is 3. The Labute approximate surface area is 194 Å². The van der Waals surface area contributed by atoms with Crippen LogP contribution < -0.4 is 0 Å². The van der Waals surface area contributed by atoms with Crippen molar-refractivity contribution in [1.29, 1.82) is 0 Å². The molecule has 0 fully saturated rings. The highest BCUT2D eigenvalue weighted by atomic mass is 16.6. The zero-order valence-corrected chi connectivity index (χ0v) is 18.8. The van der Waals surface area contributed by atoms with E-state index in [1.165, 1.54) is 5.56 Å². The molecular formula is C28H28O5. The van der Waals surface area contributed by atoms with Crippen LogP contribution in [0.2, 0.25) is 0 Å². The third-order valence-corrected chi connectivity index (χ3v) is 5.21. The molecule has 0 heterocycles. The Kier molecular flexibility index (Phi) is 8.95. The first kappa shape index (κ1) is 23.9. The van der Waals surface area contributed by atoms with Crippen LogP contribution in [0.25, 0.3) is 0 Å². The molecule has 0 saturated heterocycles. The highest BCUT2D eigenvalue weighted by molar-refractivity contribution is 6.02. The summed E-state index contributed by atoms with van der Waals surface area (Å²) in [6.07, 6.45) is 4.52. The molecule has 0 aliphatic carbocycles. The van der Waals surface area contributed by atoms with Crippen LogP contribution in [-0.2, 0) is 22.3 Å². The minimum atomic E-state index is -0.695. The molecular weight excluding hydrogens is 416 g/mol. The summed E-state index contributed by atoms with van der Waals surface area (Å²) in [4.78, 5) is 36.6. The minimum absolute atomic E-state index is 0.275. The molecule has 33 heavy (non-hydrogen) atoms. The normalized spacial score (nSPS) is 10.5. The molecule has 0 unspecified atom stereocenters. The first-order valence-electron chi connectivity index (χ1n) is 11.2. The number of esters is 3. The van der Waals surface area contributed by atoms with Crippen LogP contribution in [0.5, 0.6) is 0 Å². The second kappa shape index (κ2) is 12.3. The van der Waals surface area contributed by atoms with E-state index >= 15 is 0 Å². The number of benzene rings is 3. The first-order valence-corrected chi connectivity index (χ1v) is 11.2. The van der Waals surface area contributed by atoms with Crippen molar-refractivity contribution in [2.75, 3.05) is 6.61 Å². The number of aryl methyl sites for hydroxylation is 2. The zero-order valence-electron chi connectivity index (χ0n) is 18.8. The van der Waals surface area contributed by atoms with Gasteiger partial charge in [-0.1, -0.05) is 55.8 Å². The Morgan fingerprint density at radius 2 is 1.27 bits per heavy atom. The average molecular weight is 445 g/mol. The monoisotopic (exact) mass is 444 g/mol. The zero-order chi connectivity index (χ0) is 23.5. The Morgan fingerprint density at radius 1 is 0.636 bits per heavy atom. The minimum Gasteiger partial charge on any atom is -0.462 e. The summed E-state index contributed by atoms with van der Waals surface area (Å²) in [6, 6.07) is 22.8. The van der Waals surface area contributed by atoms with Crippen molar-refractivity contribution in [3.63, 3.8) is 0 Å². The van der Waals surface area contributed by atoms with Crippen LogP contribution in [0.4, 0.5) is 0 Å². The number of hydrogen-bond donors (Lipinski definition) is 0. The average Bonchev–Trinajstić information content (AvgIpc) is 2.86. The third kappa shape index (κ3) is 7.42. The van der Waals surface area contributed by atoms with Crippen molar-refractivity contribution in [3.05, 3.63) is 107 Å². The molecule has 0 aromatic heterocycles. The van der Waals surface area contributed by atoms with Gasteiger partial charge in [0.2, 0.25) is 0 Å². The van der Waals surface area contributed by atoms with Gasteiger partial charge in [0.25, 0.3) is 0 Å². The summed E-state index contributed by atoms with van der Waals surface area (Å²) in [7, 11) is 0. The van der Waals surface area contributed by atoms with Crippen LogP contribution >= 0.6 is 0 Å². The van der Waals surface area contributed by atoms with Gasteiger partial charge in [-0.05, 0) is 73.2 Å². The lowest BCUT2D eigenvalue weighted by atomic mass is 10.1. The van der Waals surface area contributed by atoms with E-state index < -0.39 is 11.9 Å². The van der Waals surface area contributed by atoms with Crippen LogP contribution in [0, 0.1) is 0 Å². The first-order chi connectivity index (χ1) is 16.1. The molecule has 5 nitrogen and oxygen atoms in total. The SMILES string of the molecule is CCCCc1ccc(C(=O)OCCCc2cccc(C(=O)OC(=O)c3ccccc3)c2)cc1. The molecule has 0 bridgehead atoms. The molecule has 0 atom stereocenters. The largest absolute Gasteiger partial charge is 0.462 e. The van der Waals surface area contributed by atoms with Crippen molar-refractivity contribution in [2.24, 2.45) is 0 Å². The van der Waals surface area contributed by atoms with Crippen molar-refractivity contribution in [3.8, 4) is 0 Å². The number of ether oxygens (including phenoxy) is 2. The number of carbonyl (C=O) groups is 3. The number of rotatable bonds is 10. The molecule has 3 rings (SSSR count). The second-order valence-corrected chi connectivity index (χ2v) is 7.78. The Bertz CT molecular complexity index is 1070. The lowest BCUT2D eigenvalue weighted by molar-refractivity contribution is 0.0396. The predicted octanol–water partition coefficient (Wildman–Crippen LogP) is 5.82. The van der Waals surface area contributed by atoms with Crippen LogP contribution in [0.1, 0.15) is 68.4 Å². The summed E-state index contributed by atoms with van der Waals surface area (Å²) < 4.78 is 10.3. The van der Waals surface area contributed by atoms with E-state index in [1.54, 1.807) is 60.7 Å². The van der Waals surface area contributed by atoms with Gasteiger partial charge in [-0.2, -0.15) is 0 Å². The maximum Gasteiger partial charge on any atom is 0.346 e. The maximum absolute atomic E-state index is 12.3. The van der Waals surface area contributed by atoms with Gasteiger partial charge < -0.3 is 9.47 Å². The van der Waals surface area contributed by atoms with Gasteiger partial charge in [0.15, 0.2) is 0 Å². The summed E-state index contributed by atoms with van der Waals surface area (Å²) in [5.41, 5.74) is 3.28. The molecule has 5 heteroatoms. The fourth-order valence-electron chi connectivity index (χ4n) is 3.34. The highest BCUT2D eigenvalue weighted by Gasteiger charge is 2.15. The quantitative estimate of drug-likeness (QED) is 0.224. The van der Waals surface area contributed by atoms with E-state index in [9.17, 15) is 14.4 Å². The Hall–Kier alpha value is -3.73. The van der Waals surface area contributed by atoms with Gasteiger partial charge in [-0.3, -0.25) is 0 Å². The number of unbranched alkanes of at least 4 members (excludes halogenated alkanes) is 1. The fraction of sp³-hybridized carbons (Fsp3) is 0.250. The molecule has 0 saturated carbocycles. The van der Waals surface area contributed by atoms with Crippen molar-refractivity contribution < 1.29 is 23.9 Å². The number of hydrogen-bond acceptors (Lipinski definition) is 5. The van der Waals surface area contributed by atoms with Gasteiger partial charge >= 0.3 is 17.9 Å². The van der Waals surface area contributed by atoms with E-state index in [0.717, 1.165) is 24.8 Å². The second-order valence-electron chi connectivity index (χ2n) is 7.78. The molecule has 0 aliphatic rings. The summed E-state index contributed by atoms with van der Waals surface area (Å²) in [5.74, 6) is -1.72. The van der Waals surface area contributed by atoms with Gasteiger partial charge in [0.05, 0.1) is 23.3 Å². The van der Waals surface area contributed by atoms with Gasteiger partial charge in [0.1, 0.15) is 0 Å². The molecule has 0 amide bonds. The van der Waals surface area contributed by atoms with Crippen molar-refractivity contribution >= 4 is 17.9 Å². The molecule has 0 spiro atoms. The van der Waals surface area contributed by atoms with Gasteiger partial charge in [0, 0.05) is 0 Å². The molecule has 3 aromatic rings. The Balaban J connectivity index is 1.45. The maximum atomic E-state index is 12.3. The molecule has 170 valence electrons. The molecule has 0 radical (unpaired) electrons. The summed E-state index contributed by atoms with van der Waals surface area (Å²) in [5, 5.41) is 0. The smallest absolute Gasteiger partial charge is 0.346 e. The highest BCUT2D eigenvalue weighted by Crippen LogP contribution is 2.12. The topological polar surface area (TPSA) is 69.7 Å². The van der Waals surface area contributed by atoms with Crippen LogP contribution in [0.15, 0.2) is 78.9 Å². The molecule has 0 N–H and O–H groups in total. The molecule has 3 aromatic carbocycles. The lowest BCUT2D eigenvalue weighted by Gasteiger charge is -2.07. The van der Waals surface area contributed by atoms with E-state index in [0.29, 0.717) is 29.5 Å². The van der Waals surface area contributed by atoms with Crippen molar-refractivity contribution in [1.82, 2.24) is 0 Å².